The summed E-state index contributed by atoms with van der Waals surface area (Å²) in [6, 6.07) is 4.60. The second kappa shape index (κ2) is 12.1. The third-order valence-electron chi connectivity index (χ3n) is 6.55. The monoisotopic (exact) mass is 465 g/mol. The van der Waals surface area contributed by atoms with Crippen LogP contribution in [0.25, 0.3) is 0 Å². The van der Waals surface area contributed by atoms with E-state index >= 15 is 0 Å². The molecule has 1 aromatic carbocycles. The van der Waals surface area contributed by atoms with E-state index in [9.17, 15) is 9.50 Å². The van der Waals surface area contributed by atoms with Crippen LogP contribution in [-0.4, -0.2) is 59.1 Å². The van der Waals surface area contributed by atoms with Crippen molar-refractivity contribution in [1.82, 2.24) is 19.9 Å². The summed E-state index contributed by atoms with van der Waals surface area (Å²) in [4.78, 5) is 18.4. The molecular weight excluding hydrogens is 432 g/mol. The van der Waals surface area contributed by atoms with Crippen molar-refractivity contribution < 1.29 is 39.1 Å². The molecule has 2 heterocycles. The fourth-order valence-corrected chi connectivity index (χ4v) is 4.50. The number of aromatic nitrogens is 3. The van der Waals surface area contributed by atoms with Crippen LogP contribution in [0, 0.1) is 5.82 Å². The van der Waals surface area contributed by atoms with Gasteiger partial charge in [-0.15, -0.1) is 0 Å². The van der Waals surface area contributed by atoms with Gasteiger partial charge >= 0.3 is 29.6 Å². The Morgan fingerprint density at radius 2 is 1.67 bits per heavy atom. The zero-order valence-electron chi connectivity index (χ0n) is 20.0. The summed E-state index contributed by atoms with van der Waals surface area (Å²) in [5, 5.41) is 18.0. The van der Waals surface area contributed by atoms with Gasteiger partial charge in [-0.2, -0.15) is 15.0 Å². The molecule has 0 unspecified atom stereocenters. The fourth-order valence-electron chi connectivity index (χ4n) is 4.50. The van der Waals surface area contributed by atoms with Gasteiger partial charge in [-0.1, -0.05) is 37.5 Å². The zero-order chi connectivity index (χ0) is 22.5. The van der Waals surface area contributed by atoms with E-state index in [1.165, 1.54) is 43.9 Å². The van der Waals surface area contributed by atoms with Crippen LogP contribution in [-0.2, 0) is 0 Å². The van der Waals surface area contributed by atoms with Crippen LogP contribution in [0.15, 0.2) is 18.2 Å². The quantitative estimate of drug-likeness (QED) is 0.471. The van der Waals surface area contributed by atoms with Gasteiger partial charge in [0.05, 0.1) is 0 Å². The molecule has 1 aliphatic carbocycles. The molecule has 1 aliphatic heterocycles. The number of likely N-dealkylation sites (tertiary alicyclic amines) is 1. The Kier molecular flexibility index (Phi) is 9.55. The zero-order valence-corrected chi connectivity index (χ0v) is 22.0. The van der Waals surface area contributed by atoms with Gasteiger partial charge in [-0.05, 0) is 58.0 Å². The molecule has 10 heteroatoms. The molecule has 2 fully saturated rings. The van der Waals surface area contributed by atoms with Crippen molar-refractivity contribution in [3.05, 3.63) is 24.0 Å². The van der Waals surface area contributed by atoms with E-state index in [1.807, 2.05) is 7.05 Å². The van der Waals surface area contributed by atoms with E-state index in [-0.39, 0.29) is 29.6 Å². The summed E-state index contributed by atoms with van der Waals surface area (Å²) in [6.45, 7) is 2.08. The fraction of sp³-hybridized carbons (Fsp3) is 0.609. The summed E-state index contributed by atoms with van der Waals surface area (Å²) in [7, 11) is 4.17. The third-order valence-corrected chi connectivity index (χ3v) is 6.55. The number of anilines is 4. The molecule has 2 aromatic rings. The first kappa shape index (κ1) is 25.9. The molecule has 0 amide bonds. The van der Waals surface area contributed by atoms with Gasteiger partial charge < -0.3 is 25.5 Å². The Labute approximate surface area is 217 Å². The van der Waals surface area contributed by atoms with Gasteiger partial charge in [-0.3, -0.25) is 0 Å². The Bertz CT molecular complexity index is 902. The molecule has 0 atom stereocenters. The van der Waals surface area contributed by atoms with Crippen LogP contribution in [0.2, 0.25) is 0 Å². The van der Waals surface area contributed by atoms with Gasteiger partial charge in [0.2, 0.25) is 17.8 Å². The number of nitrogens with zero attached hydrogens (tertiary/aromatic N) is 5. The van der Waals surface area contributed by atoms with E-state index < -0.39 is 11.6 Å². The number of nitrogens with one attached hydrogen (secondary N) is 2. The smallest absolute Gasteiger partial charge is 0.870 e. The van der Waals surface area contributed by atoms with Crippen molar-refractivity contribution in [1.29, 1.82) is 0 Å². The second-order valence-corrected chi connectivity index (χ2v) is 9.03. The van der Waals surface area contributed by atoms with Crippen LogP contribution in [0.4, 0.5) is 27.9 Å². The van der Waals surface area contributed by atoms with E-state index in [2.05, 4.69) is 37.4 Å². The Morgan fingerprint density at radius 1 is 1.00 bits per heavy atom. The van der Waals surface area contributed by atoms with Gasteiger partial charge in [0.15, 0.2) is 0 Å². The molecule has 1 saturated carbocycles. The molecule has 0 bridgehead atoms. The average Bonchev–Trinajstić information content (AvgIpc) is 3.05. The van der Waals surface area contributed by atoms with Crippen LogP contribution in [0.3, 0.4) is 0 Å². The number of halogens is 1. The minimum absolute atomic E-state index is 0. The molecule has 4 rings (SSSR count). The molecule has 8 nitrogen and oxygen atoms in total. The van der Waals surface area contributed by atoms with Crippen molar-refractivity contribution in [3.63, 3.8) is 0 Å². The molecule has 1 aromatic heterocycles. The van der Waals surface area contributed by atoms with Crippen molar-refractivity contribution in [2.45, 2.75) is 63.5 Å². The van der Waals surface area contributed by atoms with E-state index in [0.717, 1.165) is 38.8 Å². The van der Waals surface area contributed by atoms with Crippen LogP contribution in [0.1, 0.15) is 51.4 Å². The standard InChI is InChI=1S/C23H34FN7O.Na/c1-30-13-11-18(12-14-30)31(2)23-28-21(25-16-7-5-3-4-6-8-16)27-22(29-23)26-17-9-10-20(32)19(24)15-17;/h9-10,15-16,18,32H,3-8,11-14H2,1-2H3,(H2,25,26,27,28,29);/q;+1/p-1. The van der Waals surface area contributed by atoms with Crippen LogP contribution < -0.4 is 50.2 Å². The molecule has 33 heavy (non-hydrogen) atoms. The van der Waals surface area contributed by atoms with E-state index in [1.54, 1.807) is 0 Å². The normalized spacial score (nSPS) is 18.3. The van der Waals surface area contributed by atoms with Gasteiger partial charge in [0.1, 0.15) is 5.82 Å². The molecule has 0 radical (unpaired) electrons. The molecule has 2 aliphatic rings. The molecule has 2 N–H and O–H groups in total. The maximum Gasteiger partial charge on any atom is 1.00 e. The van der Waals surface area contributed by atoms with Crippen LogP contribution in [0.5, 0.6) is 5.75 Å². The first-order chi connectivity index (χ1) is 15.5. The molecule has 1 saturated heterocycles. The SMILES string of the molecule is CN1CCC(N(C)c2nc(Nc3ccc([O-])c(F)c3)nc(NC3CCCCCC3)n2)CC1.[Na+]. The first-order valence-electron chi connectivity index (χ1n) is 11.7. The number of hydrogen-bond donors (Lipinski definition) is 2. The maximum absolute atomic E-state index is 13.8. The van der Waals surface area contributed by atoms with Gasteiger partial charge in [0.25, 0.3) is 0 Å². The summed E-state index contributed by atoms with van der Waals surface area (Å²) in [5.41, 5.74) is 0.432. The van der Waals surface area contributed by atoms with Crippen LogP contribution >= 0.6 is 0 Å². The Morgan fingerprint density at radius 3 is 2.33 bits per heavy atom. The molecular formula is C23H33FN7NaO. The second-order valence-electron chi connectivity index (χ2n) is 9.03. The van der Waals surface area contributed by atoms with Crippen molar-refractivity contribution in [2.24, 2.45) is 0 Å². The first-order valence-corrected chi connectivity index (χ1v) is 11.7. The van der Waals surface area contributed by atoms with Crippen molar-refractivity contribution >= 4 is 23.5 Å². The Balaban J connectivity index is 0.00000306. The number of hydrogen-bond acceptors (Lipinski definition) is 8. The maximum atomic E-state index is 13.8. The molecule has 174 valence electrons. The number of piperidine rings is 1. The van der Waals surface area contributed by atoms with Gasteiger partial charge in [0, 0.05) is 24.8 Å². The van der Waals surface area contributed by atoms with Crippen molar-refractivity contribution in [3.8, 4) is 5.75 Å². The number of rotatable bonds is 6. The van der Waals surface area contributed by atoms with E-state index in [4.69, 9.17) is 4.98 Å². The summed E-state index contributed by atoms with van der Waals surface area (Å²) >= 11 is 0. The van der Waals surface area contributed by atoms with Crippen molar-refractivity contribution in [2.75, 3.05) is 42.7 Å². The topological polar surface area (TPSA) is 92.3 Å². The summed E-state index contributed by atoms with van der Waals surface area (Å²) < 4.78 is 13.8. The Hall–Kier alpha value is -1.68. The summed E-state index contributed by atoms with van der Waals surface area (Å²) in [5.74, 6) is 0.0252. The number of benzene rings is 1. The largest absolute Gasteiger partial charge is 1.00 e. The van der Waals surface area contributed by atoms with E-state index in [0.29, 0.717) is 35.6 Å². The predicted octanol–water partition coefficient (Wildman–Crippen LogP) is 0.497. The summed E-state index contributed by atoms with van der Waals surface area (Å²) in [6.07, 6.45) is 9.25. The third kappa shape index (κ3) is 7.15. The minimum Gasteiger partial charge on any atom is -0.870 e. The average molecular weight is 466 g/mol. The molecule has 0 spiro atoms. The minimum atomic E-state index is -0.801. The van der Waals surface area contributed by atoms with Gasteiger partial charge in [-0.25, -0.2) is 4.39 Å². The predicted molar refractivity (Wildman–Crippen MR) is 123 cm³/mol.